The van der Waals surface area contributed by atoms with Gasteiger partial charge in [0.05, 0.1) is 18.6 Å². The number of aryl methyl sites for hydroxylation is 1. The molecule has 1 aromatic carbocycles. The van der Waals surface area contributed by atoms with Gasteiger partial charge in [-0.15, -0.1) is 0 Å². The lowest BCUT2D eigenvalue weighted by Gasteiger charge is -2.36. The Kier molecular flexibility index (Phi) is 4.19. The van der Waals surface area contributed by atoms with E-state index in [0.717, 1.165) is 0 Å². The molecule has 130 valence electrons. The van der Waals surface area contributed by atoms with Gasteiger partial charge < -0.3 is 13.9 Å². The predicted molar refractivity (Wildman–Crippen MR) is 80.1 cm³/mol. The second-order valence-electron chi connectivity index (χ2n) is 5.86. The highest BCUT2D eigenvalue weighted by Crippen LogP contribution is 2.43. The first-order valence-corrected chi connectivity index (χ1v) is 7.73. The van der Waals surface area contributed by atoms with Crippen LogP contribution < -0.4 is 4.74 Å². The molecule has 0 aliphatic heterocycles. The third kappa shape index (κ3) is 3.07. The van der Waals surface area contributed by atoms with E-state index >= 15 is 0 Å². The molecule has 0 radical (unpaired) electrons. The number of halogens is 3. The number of esters is 1. The lowest BCUT2D eigenvalue weighted by atomic mass is 9.82. The Balaban J connectivity index is 1.79. The number of ether oxygens (including phenoxy) is 2. The van der Waals surface area contributed by atoms with Crippen LogP contribution in [0.3, 0.4) is 0 Å². The Bertz CT molecular complexity index is 757. The van der Waals surface area contributed by atoms with Crippen molar-refractivity contribution in [2.24, 2.45) is 5.92 Å². The molecule has 1 fully saturated rings. The van der Waals surface area contributed by atoms with Crippen molar-refractivity contribution in [3.8, 4) is 5.75 Å². The molecule has 1 aliphatic rings. The molecule has 0 N–H and O–H groups in total. The zero-order chi connectivity index (χ0) is 17.5. The molecule has 1 saturated carbocycles. The molecule has 1 heterocycles. The highest BCUT2D eigenvalue weighted by atomic mass is 19.4. The summed E-state index contributed by atoms with van der Waals surface area (Å²) in [4.78, 5) is 12.0. The first-order valence-electron chi connectivity index (χ1n) is 7.73. The average molecular weight is 342 g/mol. The minimum Gasteiger partial charge on any atom is -0.490 e. The molecular weight excluding hydrogens is 325 g/mol. The standard InChI is InChI=1S/C17H17F3O4/c1-3-22-16(21)15-9(2)23-14-5-4-11(8-13(14)15)24-12-6-10(7-12)17(18,19)20/h4-5,8,10,12H,3,6-7H2,1-2H3/t10-,12+. The lowest BCUT2D eigenvalue weighted by Crippen LogP contribution is -2.41. The van der Waals surface area contributed by atoms with Crippen molar-refractivity contribution in [2.75, 3.05) is 6.61 Å². The number of carbonyl (C=O) groups excluding carboxylic acids is 1. The summed E-state index contributed by atoms with van der Waals surface area (Å²) in [6.07, 6.45) is -4.72. The molecule has 1 aliphatic carbocycles. The van der Waals surface area contributed by atoms with E-state index in [-0.39, 0.29) is 19.4 Å². The minimum absolute atomic E-state index is 0.0450. The topological polar surface area (TPSA) is 48.7 Å². The summed E-state index contributed by atoms with van der Waals surface area (Å²) in [5.41, 5.74) is 0.823. The highest BCUT2D eigenvalue weighted by Gasteiger charge is 2.48. The van der Waals surface area contributed by atoms with Crippen LogP contribution in [-0.2, 0) is 4.74 Å². The van der Waals surface area contributed by atoms with E-state index in [0.29, 0.717) is 28.0 Å². The van der Waals surface area contributed by atoms with E-state index in [2.05, 4.69) is 0 Å². The molecule has 0 unspecified atom stereocenters. The number of fused-ring (bicyclic) bond motifs is 1. The maximum Gasteiger partial charge on any atom is 0.392 e. The van der Waals surface area contributed by atoms with Crippen LogP contribution in [0.15, 0.2) is 22.6 Å². The van der Waals surface area contributed by atoms with Gasteiger partial charge in [0.2, 0.25) is 0 Å². The van der Waals surface area contributed by atoms with Crippen molar-refractivity contribution in [2.45, 2.75) is 39.0 Å². The number of benzene rings is 1. The fourth-order valence-electron chi connectivity index (χ4n) is 2.85. The molecule has 1 aromatic heterocycles. The summed E-state index contributed by atoms with van der Waals surface area (Å²) in [6, 6.07) is 4.88. The van der Waals surface area contributed by atoms with E-state index < -0.39 is 24.2 Å². The number of rotatable bonds is 4. The first kappa shape index (κ1) is 16.7. The van der Waals surface area contributed by atoms with Crippen LogP contribution >= 0.6 is 0 Å². The van der Waals surface area contributed by atoms with Gasteiger partial charge in [-0.05, 0) is 44.9 Å². The van der Waals surface area contributed by atoms with E-state index in [1.165, 1.54) is 0 Å². The third-order valence-electron chi connectivity index (χ3n) is 4.18. The van der Waals surface area contributed by atoms with Gasteiger partial charge in [-0.2, -0.15) is 13.2 Å². The predicted octanol–water partition coefficient (Wildman–Crippen LogP) is 4.64. The minimum atomic E-state index is -4.16. The number of alkyl halides is 3. The molecule has 2 aromatic rings. The number of carbonyl (C=O) groups is 1. The second-order valence-corrected chi connectivity index (χ2v) is 5.86. The monoisotopic (exact) mass is 342 g/mol. The van der Waals surface area contributed by atoms with E-state index in [1.807, 2.05) is 0 Å². The molecule has 3 rings (SSSR count). The van der Waals surface area contributed by atoms with Crippen LogP contribution in [0.1, 0.15) is 35.9 Å². The SMILES string of the molecule is CCOC(=O)c1c(C)oc2ccc(O[C@H]3C[C@@H](C(F)(F)F)C3)cc12. The van der Waals surface area contributed by atoms with Crippen LogP contribution in [0.25, 0.3) is 11.0 Å². The van der Waals surface area contributed by atoms with Gasteiger partial charge >= 0.3 is 12.1 Å². The molecule has 0 saturated heterocycles. The molecule has 24 heavy (non-hydrogen) atoms. The summed E-state index contributed by atoms with van der Waals surface area (Å²) in [7, 11) is 0. The molecular formula is C17H17F3O4. The Labute approximate surface area is 136 Å². The van der Waals surface area contributed by atoms with Crippen LogP contribution in [0.2, 0.25) is 0 Å². The van der Waals surface area contributed by atoms with Gasteiger partial charge in [0.1, 0.15) is 22.7 Å². The van der Waals surface area contributed by atoms with Gasteiger partial charge in [-0.3, -0.25) is 0 Å². The molecule has 0 amide bonds. The second kappa shape index (κ2) is 6.03. The zero-order valence-electron chi connectivity index (χ0n) is 13.3. The fourth-order valence-corrected chi connectivity index (χ4v) is 2.85. The molecule has 0 spiro atoms. The van der Waals surface area contributed by atoms with Crippen molar-refractivity contribution < 1.29 is 31.9 Å². The molecule has 7 heteroatoms. The van der Waals surface area contributed by atoms with Gasteiger partial charge in [0.25, 0.3) is 0 Å². The van der Waals surface area contributed by atoms with Crippen LogP contribution in [0.5, 0.6) is 5.75 Å². The van der Waals surface area contributed by atoms with Crippen LogP contribution in [0, 0.1) is 12.8 Å². The van der Waals surface area contributed by atoms with Crippen molar-refractivity contribution in [1.29, 1.82) is 0 Å². The van der Waals surface area contributed by atoms with Gasteiger partial charge in [-0.1, -0.05) is 0 Å². The van der Waals surface area contributed by atoms with Gasteiger partial charge in [-0.25, -0.2) is 4.79 Å². The van der Waals surface area contributed by atoms with E-state index in [9.17, 15) is 18.0 Å². The number of hydrogen-bond donors (Lipinski definition) is 0. The largest absolute Gasteiger partial charge is 0.490 e. The van der Waals surface area contributed by atoms with E-state index in [1.54, 1.807) is 32.0 Å². The molecule has 4 nitrogen and oxygen atoms in total. The summed E-state index contributed by atoms with van der Waals surface area (Å²) in [5, 5.41) is 0.537. The Morgan fingerprint density at radius 1 is 1.33 bits per heavy atom. The maximum absolute atomic E-state index is 12.5. The van der Waals surface area contributed by atoms with Crippen LogP contribution in [-0.4, -0.2) is 24.9 Å². The molecule has 0 atom stereocenters. The Morgan fingerprint density at radius 2 is 2.04 bits per heavy atom. The van der Waals surface area contributed by atoms with E-state index in [4.69, 9.17) is 13.9 Å². The maximum atomic E-state index is 12.5. The van der Waals surface area contributed by atoms with Gasteiger partial charge in [0, 0.05) is 5.39 Å². The number of hydrogen-bond acceptors (Lipinski definition) is 4. The van der Waals surface area contributed by atoms with Crippen molar-refractivity contribution in [3.63, 3.8) is 0 Å². The van der Waals surface area contributed by atoms with Crippen molar-refractivity contribution in [1.82, 2.24) is 0 Å². The van der Waals surface area contributed by atoms with Crippen molar-refractivity contribution in [3.05, 3.63) is 29.5 Å². The Hall–Kier alpha value is -2.18. The summed E-state index contributed by atoms with van der Waals surface area (Å²) in [6.45, 7) is 3.60. The highest BCUT2D eigenvalue weighted by molar-refractivity contribution is 6.04. The van der Waals surface area contributed by atoms with Crippen LogP contribution in [0.4, 0.5) is 13.2 Å². The quantitative estimate of drug-likeness (QED) is 0.760. The smallest absolute Gasteiger partial charge is 0.392 e. The Morgan fingerprint density at radius 3 is 2.67 bits per heavy atom. The summed E-state index contributed by atoms with van der Waals surface area (Å²) in [5.74, 6) is -0.940. The lowest BCUT2D eigenvalue weighted by molar-refractivity contribution is -0.210. The zero-order valence-corrected chi connectivity index (χ0v) is 13.3. The number of furan rings is 1. The first-order chi connectivity index (χ1) is 11.3. The summed E-state index contributed by atoms with van der Waals surface area (Å²) >= 11 is 0. The van der Waals surface area contributed by atoms with Crippen molar-refractivity contribution >= 4 is 16.9 Å². The summed E-state index contributed by atoms with van der Waals surface area (Å²) < 4.78 is 53.7. The normalized spacial score (nSPS) is 20.7. The fraction of sp³-hybridized carbons (Fsp3) is 0.471. The van der Waals surface area contributed by atoms with Gasteiger partial charge in [0.15, 0.2) is 0 Å². The third-order valence-corrected chi connectivity index (χ3v) is 4.18. The average Bonchev–Trinajstić information content (AvgIpc) is 2.76. The molecule has 0 bridgehead atoms.